The molecule has 116 valence electrons. The van der Waals surface area contributed by atoms with Crippen LogP contribution in [0.3, 0.4) is 0 Å². The molecule has 21 heavy (non-hydrogen) atoms. The van der Waals surface area contributed by atoms with Gasteiger partial charge < -0.3 is 15.7 Å². The quantitative estimate of drug-likeness (QED) is 0.736. The molecule has 0 aliphatic heterocycles. The van der Waals surface area contributed by atoms with Crippen molar-refractivity contribution in [1.29, 1.82) is 0 Å². The highest BCUT2D eigenvalue weighted by molar-refractivity contribution is 6.39. The van der Waals surface area contributed by atoms with Gasteiger partial charge in [-0.1, -0.05) is 13.0 Å². The van der Waals surface area contributed by atoms with Gasteiger partial charge in [0.2, 0.25) is 0 Å². The summed E-state index contributed by atoms with van der Waals surface area (Å²) < 4.78 is 37.5. The Bertz CT molecular complexity index is 518. The molecule has 0 heterocycles. The number of benzene rings is 1. The molecule has 1 unspecified atom stereocenters. The number of anilines is 1. The van der Waals surface area contributed by atoms with Gasteiger partial charge in [-0.2, -0.15) is 13.2 Å². The predicted octanol–water partition coefficient (Wildman–Crippen LogP) is 1.39. The number of carbonyl (C=O) groups excluding carboxylic acids is 2. The van der Waals surface area contributed by atoms with Crippen LogP contribution in [0.25, 0.3) is 0 Å². The molecule has 1 rings (SSSR count). The van der Waals surface area contributed by atoms with Gasteiger partial charge in [-0.25, -0.2) is 0 Å². The van der Waals surface area contributed by atoms with E-state index in [4.69, 9.17) is 5.11 Å². The van der Waals surface area contributed by atoms with Crippen molar-refractivity contribution in [1.82, 2.24) is 5.32 Å². The molecule has 0 saturated carbocycles. The second kappa shape index (κ2) is 7.07. The fourth-order valence-corrected chi connectivity index (χ4v) is 1.37. The molecule has 2 amide bonds. The third-order valence-corrected chi connectivity index (χ3v) is 2.58. The number of carbonyl (C=O) groups is 2. The first kappa shape index (κ1) is 17.0. The van der Waals surface area contributed by atoms with Gasteiger partial charge in [-0.3, -0.25) is 9.59 Å². The molecule has 0 radical (unpaired) electrons. The van der Waals surface area contributed by atoms with Crippen molar-refractivity contribution in [3.8, 4) is 0 Å². The Morgan fingerprint density at radius 3 is 2.52 bits per heavy atom. The van der Waals surface area contributed by atoms with E-state index in [0.717, 1.165) is 18.2 Å². The standard InChI is InChI=1S/C13H15F3N2O3/c1-8(7-19)6-17-11(20)12(21)18-10-4-2-3-9(5-10)13(14,15)16/h2-5,8,19H,6-7H2,1H3,(H,17,20)(H,18,21). The molecule has 1 aromatic rings. The lowest BCUT2D eigenvalue weighted by molar-refractivity contribution is -0.137. The van der Waals surface area contributed by atoms with Crippen molar-refractivity contribution in [2.24, 2.45) is 5.92 Å². The Morgan fingerprint density at radius 1 is 1.29 bits per heavy atom. The number of halogens is 3. The highest BCUT2D eigenvalue weighted by Crippen LogP contribution is 2.30. The highest BCUT2D eigenvalue weighted by atomic mass is 19.4. The van der Waals surface area contributed by atoms with Gasteiger partial charge in [0.1, 0.15) is 0 Å². The molecule has 5 nitrogen and oxygen atoms in total. The fraction of sp³-hybridized carbons (Fsp3) is 0.385. The summed E-state index contributed by atoms with van der Waals surface area (Å²) in [6, 6.07) is 3.97. The first-order chi connectivity index (χ1) is 9.74. The average Bonchev–Trinajstić information content (AvgIpc) is 2.43. The third kappa shape index (κ3) is 5.42. The summed E-state index contributed by atoms with van der Waals surface area (Å²) >= 11 is 0. The van der Waals surface area contributed by atoms with Crippen LogP contribution in [0.5, 0.6) is 0 Å². The van der Waals surface area contributed by atoms with Gasteiger partial charge in [0.15, 0.2) is 0 Å². The van der Waals surface area contributed by atoms with E-state index in [-0.39, 0.29) is 24.8 Å². The maximum absolute atomic E-state index is 12.5. The molecule has 0 saturated heterocycles. The van der Waals surface area contributed by atoms with Crippen LogP contribution in [0.1, 0.15) is 12.5 Å². The second-order valence-corrected chi connectivity index (χ2v) is 4.53. The van der Waals surface area contributed by atoms with Gasteiger partial charge in [0.25, 0.3) is 0 Å². The molecule has 1 aromatic carbocycles. The minimum Gasteiger partial charge on any atom is -0.396 e. The molecule has 0 aromatic heterocycles. The summed E-state index contributed by atoms with van der Waals surface area (Å²) in [4.78, 5) is 22.9. The molecular weight excluding hydrogens is 289 g/mol. The Kier molecular flexibility index (Phi) is 5.71. The minimum absolute atomic E-state index is 0.0886. The lowest BCUT2D eigenvalue weighted by Crippen LogP contribution is -2.38. The number of aliphatic hydroxyl groups is 1. The van der Waals surface area contributed by atoms with E-state index in [1.807, 2.05) is 0 Å². The number of hydrogen-bond donors (Lipinski definition) is 3. The number of amides is 2. The first-order valence-electron chi connectivity index (χ1n) is 6.11. The summed E-state index contributed by atoms with van der Waals surface area (Å²) in [5, 5.41) is 13.1. The average molecular weight is 304 g/mol. The third-order valence-electron chi connectivity index (χ3n) is 2.58. The summed E-state index contributed by atoms with van der Waals surface area (Å²) in [7, 11) is 0. The van der Waals surface area contributed by atoms with Gasteiger partial charge >= 0.3 is 18.0 Å². The van der Waals surface area contributed by atoms with Crippen molar-refractivity contribution >= 4 is 17.5 Å². The summed E-state index contributed by atoms with van der Waals surface area (Å²) in [6.45, 7) is 1.59. The van der Waals surface area contributed by atoms with Crippen molar-refractivity contribution in [2.75, 3.05) is 18.5 Å². The molecular formula is C13H15F3N2O3. The number of aliphatic hydroxyl groups excluding tert-OH is 1. The van der Waals surface area contributed by atoms with Gasteiger partial charge in [-0.05, 0) is 24.1 Å². The zero-order valence-electron chi connectivity index (χ0n) is 11.2. The van der Waals surface area contributed by atoms with Crippen molar-refractivity contribution in [3.05, 3.63) is 29.8 Å². The van der Waals surface area contributed by atoms with Crippen LogP contribution in [0.2, 0.25) is 0 Å². The number of hydrogen-bond acceptors (Lipinski definition) is 3. The topological polar surface area (TPSA) is 78.4 Å². The maximum atomic E-state index is 12.5. The fourth-order valence-electron chi connectivity index (χ4n) is 1.37. The molecule has 1 atom stereocenters. The number of nitrogens with one attached hydrogen (secondary N) is 2. The molecule has 0 bridgehead atoms. The lowest BCUT2D eigenvalue weighted by Gasteiger charge is -2.11. The maximum Gasteiger partial charge on any atom is 0.416 e. The molecule has 0 aliphatic rings. The second-order valence-electron chi connectivity index (χ2n) is 4.53. The van der Waals surface area contributed by atoms with Crippen LogP contribution in [0.15, 0.2) is 24.3 Å². The summed E-state index contributed by atoms with van der Waals surface area (Å²) in [5.74, 6) is -2.28. The summed E-state index contributed by atoms with van der Waals surface area (Å²) in [6.07, 6.45) is -4.53. The van der Waals surface area contributed by atoms with E-state index in [2.05, 4.69) is 10.6 Å². The minimum atomic E-state index is -4.53. The van der Waals surface area contributed by atoms with E-state index in [0.29, 0.717) is 0 Å². The molecule has 8 heteroatoms. The Balaban J connectivity index is 2.64. The lowest BCUT2D eigenvalue weighted by atomic mass is 10.2. The number of alkyl halides is 3. The Morgan fingerprint density at radius 2 is 1.95 bits per heavy atom. The van der Waals surface area contributed by atoms with Crippen molar-refractivity contribution in [2.45, 2.75) is 13.1 Å². The largest absolute Gasteiger partial charge is 0.416 e. The van der Waals surface area contributed by atoms with E-state index in [1.54, 1.807) is 6.92 Å². The molecule has 0 spiro atoms. The normalized spacial score (nSPS) is 12.6. The van der Waals surface area contributed by atoms with Crippen LogP contribution < -0.4 is 10.6 Å². The number of rotatable bonds is 4. The Labute approximate surface area is 119 Å². The van der Waals surface area contributed by atoms with Gasteiger partial charge in [0.05, 0.1) is 5.56 Å². The predicted molar refractivity (Wildman–Crippen MR) is 69.3 cm³/mol. The Hall–Kier alpha value is -2.09. The zero-order chi connectivity index (χ0) is 16.0. The SMILES string of the molecule is CC(CO)CNC(=O)C(=O)Nc1cccc(C(F)(F)F)c1. The highest BCUT2D eigenvalue weighted by Gasteiger charge is 2.30. The molecule has 3 N–H and O–H groups in total. The zero-order valence-corrected chi connectivity index (χ0v) is 11.2. The van der Waals surface area contributed by atoms with Crippen LogP contribution in [0, 0.1) is 5.92 Å². The van der Waals surface area contributed by atoms with Gasteiger partial charge in [0, 0.05) is 18.8 Å². The summed E-state index contributed by atoms with van der Waals surface area (Å²) in [5.41, 5.74) is -1.05. The van der Waals surface area contributed by atoms with Crippen LogP contribution in [-0.2, 0) is 15.8 Å². The van der Waals surface area contributed by atoms with Crippen LogP contribution >= 0.6 is 0 Å². The molecule has 0 aliphatic carbocycles. The van der Waals surface area contributed by atoms with E-state index in [9.17, 15) is 22.8 Å². The van der Waals surface area contributed by atoms with Crippen molar-refractivity contribution in [3.63, 3.8) is 0 Å². The van der Waals surface area contributed by atoms with Crippen molar-refractivity contribution < 1.29 is 27.9 Å². The smallest absolute Gasteiger partial charge is 0.396 e. The van der Waals surface area contributed by atoms with Crippen LogP contribution in [0.4, 0.5) is 18.9 Å². The van der Waals surface area contributed by atoms with Crippen LogP contribution in [-0.4, -0.2) is 30.1 Å². The van der Waals surface area contributed by atoms with E-state index < -0.39 is 23.6 Å². The van der Waals surface area contributed by atoms with Gasteiger partial charge in [-0.15, -0.1) is 0 Å². The monoisotopic (exact) mass is 304 g/mol. The van der Waals surface area contributed by atoms with E-state index in [1.165, 1.54) is 6.07 Å². The first-order valence-corrected chi connectivity index (χ1v) is 6.11. The van der Waals surface area contributed by atoms with E-state index >= 15 is 0 Å². The molecule has 0 fully saturated rings.